The van der Waals surface area contributed by atoms with Gasteiger partial charge in [-0.25, -0.2) is 0 Å². The molecule has 184 valence electrons. The predicted molar refractivity (Wildman–Crippen MR) is 123 cm³/mol. The van der Waals surface area contributed by atoms with Gasteiger partial charge in [0.25, 0.3) is 0 Å². The van der Waals surface area contributed by atoms with E-state index in [-0.39, 0.29) is 30.2 Å². The van der Waals surface area contributed by atoms with Crippen LogP contribution in [0.15, 0.2) is 4.99 Å². The van der Waals surface area contributed by atoms with Crippen molar-refractivity contribution in [1.82, 2.24) is 10.6 Å². The minimum atomic E-state index is -1.70. The molecular formula is C20H40BN5O6. The fourth-order valence-electron chi connectivity index (χ4n) is 3.10. The molecule has 2 atom stereocenters. The van der Waals surface area contributed by atoms with Crippen molar-refractivity contribution < 1.29 is 29.2 Å². The summed E-state index contributed by atoms with van der Waals surface area (Å²) in [7, 11) is -0.354. The van der Waals surface area contributed by atoms with Crippen molar-refractivity contribution >= 4 is 30.9 Å². The number of hydrogen-bond acceptors (Lipinski definition) is 7. The molecule has 0 radical (unpaired) electrons. The van der Waals surface area contributed by atoms with Crippen molar-refractivity contribution in [2.24, 2.45) is 22.4 Å². The van der Waals surface area contributed by atoms with Gasteiger partial charge in [0.05, 0.1) is 13.1 Å². The number of guanidine groups is 1. The second-order valence-corrected chi connectivity index (χ2v) is 8.22. The highest BCUT2D eigenvalue weighted by atomic mass is 16.5. The van der Waals surface area contributed by atoms with E-state index in [4.69, 9.17) is 11.5 Å². The third-order valence-corrected chi connectivity index (χ3v) is 4.77. The fourth-order valence-corrected chi connectivity index (χ4v) is 3.10. The molecule has 0 saturated heterocycles. The molecule has 8 N–H and O–H groups in total. The number of unbranched alkanes of at least 4 members (excludes halogenated alkanes) is 3. The molecule has 0 aliphatic heterocycles. The van der Waals surface area contributed by atoms with Gasteiger partial charge in [0.2, 0.25) is 11.8 Å². The largest absolute Gasteiger partial charge is 0.475 e. The van der Waals surface area contributed by atoms with Gasteiger partial charge in [-0.1, -0.05) is 26.7 Å². The van der Waals surface area contributed by atoms with Gasteiger partial charge in [-0.3, -0.25) is 19.4 Å². The first-order chi connectivity index (χ1) is 15.1. The van der Waals surface area contributed by atoms with E-state index >= 15 is 0 Å². The molecule has 0 bridgehead atoms. The van der Waals surface area contributed by atoms with Crippen LogP contribution in [0.1, 0.15) is 71.6 Å². The molecule has 0 aliphatic carbocycles. The van der Waals surface area contributed by atoms with Crippen LogP contribution in [0.25, 0.3) is 0 Å². The maximum atomic E-state index is 12.7. The first-order valence-electron chi connectivity index (χ1n) is 11.1. The van der Waals surface area contributed by atoms with Gasteiger partial charge in [-0.05, 0) is 38.0 Å². The first-order valence-corrected chi connectivity index (χ1v) is 11.1. The van der Waals surface area contributed by atoms with E-state index in [0.29, 0.717) is 45.1 Å². The Bertz CT molecular complexity index is 599. The molecule has 32 heavy (non-hydrogen) atoms. The average Bonchev–Trinajstić information content (AvgIpc) is 2.71. The lowest BCUT2D eigenvalue weighted by molar-refractivity contribution is -0.140. The fraction of sp³-hybridized carbons (Fsp3) is 0.800. The number of methoxy groups -OCH3 is 1. The Labute approximate surface area is 190 Å². The molecule has 0 rings (SSSR count). The molecule has 2 amide bonds. The number of nitrogens with two attached hydrogens (primary N) is 2. The van der Waals surface area contributed by atoms with Crippen LogP contribution in [0.2, 0.25) is 0 Å². The number of aliphatic imine (C=N–C) groups is 1. The van der Waals surface area contributed by atoms with Crippen LogP contribution < -0.4 is 22.1 Å². The number of amides is 2. The van der Waals surface area contributed by atoms with Gasteiger partial charge in [0.1, 0.15) is 6.04 Å². The second-order valence-electron chi connectivity index (χ2n) is 8.22. The lowest BCUT2D eigenvalue weighted by atomic mass is 9.75. The molecule has 0 unspecified atom stereocenters. The third-order valence-electron chi connectivity index (χ3n) is 4.77. The third kappa shape index (κ3) is 15.5. The molecule has 11 nitrogen and oxygen atoms in total. The highest BCUT2D eigenvalue weighted by Gasteiger charge is 2.29. The zero-order valence-electron chi connectivity index (χ0n) is 19.5. The van der Waals surface area contributed by atoms with Crippen molar-refractivity contribution in [2.45, 2.75) is 83.6 Å². The van der Waals surface area contributed by atoms with E-state index in [0.717, 1.165) is 12.8 Å². The summed E-state index contributed by atoms with van der Waals surface area (Å²) in [6.07, 6.45) is 4.64. The minimum Gasteiger partial charge on any atom is -0.469 e. The Morgan fingerprint density at radius 2 is 1.62 bits per heavy atom. The Balaban J connectivity index is 4.72. The Morgan fingerprint density at radius 1 is 1.00 bits per heavy atom. The number of carbonyl (C=O) groups is 3. The highest BCUT2D eigenvalue weighted by molar-refractivity contribution is 6.43. The summed E-state index contributed by atoms with van der Waals surface area (Å²) < 4.78 is 4.58. The standard InChI is InChI=1S/C20H40BN5O6/c1-14(2)13-16(21(30)31)26-19(29)15(9-8-12-24-20(22)23)25-17(27)10-6-4-5-7-11-18(28)32-3/h14-16,30-31H,4-13H2,1-3H3,(H,25,27)(H,26,29)(H4,22,23,24)/t15-,16-/m0/s1. The number of nitrogens with zero attached hydrogens (tertiary/aromatic N) is 1. The Hall–Kier alpha value is -2.34. The van der Waals surface area contributed by atoms with E-state index in [1.54, 1.807) is 0 Å². The van der Waals surface area contributed by atoms with Crippen LogP contribution >= 0.6 is 0 Å². The van der Waals surface area contributed by atoms with E-state index in [1.165, 1.54) is 7.11 Å². The lowest BCUT2D eigenvalue weighted by Crippen LogP contribution is -2.54. The quantitative estimate of drug-likeness (QED) is 0.0558. The summed E-state index contributed by atoms with van der Waals surface area (Å²) in [5.74, 6) is -1.76. The van der Waals surface area contributed by atoms with Crippen LogP contribution in [0, 0.1) is 5.92 Å². The summed E-state index contributed by atoms with van der Waals surface area (Å²) in [5, 5.41) is 24.5. The molecule has 0 aliphatic rings. The molecular weight excluding hydrogens is 417 g/mol. The number of carbonyl (C=O) groups excluding carboxylic acids is 3. The van der Waals surface area contributed by atoms with Crippen molar-refractivity contribution in [3.05, 3.63) is 0 Å². The van der Waals surface area contributed by atoms with Crippen LogP contribution in [0.3, 0.4) is 0 Å². The van der Waals surface area contributed by atoms with Gasteiger partial charge >= 0.3 is 13.1 Å². The molecule has 12 heteroatoms. The van der Waals surface area contributed by atoms with E-state index in [9.17, 15) is 24.4 Å². The summed E-state index contributed by atoms with van der Waals surface area (Å²) in [6, 6.07) is -0.843. The van der Waals surface area contributed by atoms with E-state index in [1.807, 2.05) is 13.8 Å². The molecule has 0 aromatic heterocycles. The highest BCUT2D eigenvalue weighted by Crippen LogP contribution is 2.09. The number of nitrogens with one attached hydrogen (secondary N) is 2. The second kappa shape index (κ2) is 17.2. The summed E-state index contributed by atoms with van der Waals surface area (Å²) in [5.41, 5.74) is 10.6. The van der Waals surface area contributed by atoms with Crippen LogP contribution in [0.5, 0.6) is 0 Å². The first kappa shape index (κ1) is 29.7. The van der Waals surface area contributed by atoms with E-state index < -0.39 is 25.0 Å². The number of rotatable bonds is 17. The van der Waals surface area contributed by atoms with Crippen molar-refractivity contribution in [3.8, 4) is 0 Å². The number of hydrogen-bond donors (Lipinski definition) is 6. The monoisotopic (exact) mass is 457 g/mol. The molecule has 0 spiro atoms. The molecule has 0 heterocycles. The van der Waals surface area contributed by atoms with Crippen LogP contribution in [-0.4, -0.2) is 66.5 Å². The van der Waals surface area contributed by atoms with Gasteiger partial charge in [-0.2, -0.15) is 0 Å². The smallest absolute Gasteiger partial charge is 0.469 e. The summed E-state index contributed by atoms with van der Waals surface area (Å²) in [4.78, 5) is 40.0. The van der Waals surface area contributed by atoms with Gasteiger partial charge in [0, 0.05) is 19.4 Å². The Kier molecular flexibility index (Phi) is 16.0. The van der Waals surface area contributed by atoms with Crippen molar-refractivity contribution in [2.75, 3.05) is 13.7 Å². The molecule has 0 saturated carbocycles. The van der Waals surface area contributed by atoms with Gasteiger partial charge in [0.15, 0.2) is 5.96 Å². The molecule has 0 aromatic rings. The number of esters is 1. The Morgan fingerprint density at radius 3 is 2.16 bits per heavy atom. The average molecular weight is 457 g/mol. The van der Waals surface area contributed by atoms with Crippen LogP contribution in [0.4, 0.5) is 0 Å². The topological polar surface area (TPSA) is 189 Å². The maximum absolute atomic E-state index is 12.7. The summed E-state index contributed by atoms with van der Waals surface area (Å²) in [6.45, 7) is 4.11. The zero-order chi connectivity index (χ0) is 24.5. The molecule has 0 aromatic carbocycles. The van der Waals surface area contributed by atoms with Crippen molar-refractivity contribution in [1.29, 1.82) is 0 Å². The zero-order valence-corrected chi connectivity index (χ0v) is 19.5. The normalized spacial score (nSPS) is 12.6. The summed E-state index contributed by atoms with van der Waals surface area (Å²) >= 11 is 0. The minimum absolute atomic E-state index is 0.0531. The van der Waals surface area contributed by atoms with Gasteiger partial charge < -0.3 is 36.9 Å². The van der Waals surface area contributed by atoms with E-state index in [2.05, 4.69) is 20.4 Å². The van der Waals surface area contributed by atoms with Crippen LogP contribution in [-0.2, 0) is 19.1 Å². The SMILES string of the molecule is COC(=O)CCCCCCC(=O)N[C@@H](CCCN=C(N)N)C(=O)N[C@@H](CC(C)C)B(O)O. The lowest BCUT2D eigenvalue weighted by Gasteiger charge is -2.24. The predicted octanol–water partition coefficient (Wildman–Crippen LogP) is -0.419. The van der Waals surface area contributed by atoms with Crippen molar-refractivity contribution in [3.63, 3.8) is 0 Å². The van der Waals surface area contributed by atoms with Gasteiger partial charge in [-0.15, -0.1) is 0 Å². The maximum Gasteiger partial charge on any atom is 0.475 e. The number of ether oxygens (including phenoxy) is 1. The molecule has 0 fully saturated rings.